The van der Waals surface area contributed by atoms with Crippen molar-refractivity contribution in [3.05, 3.63) is 34.1 Å². The van der Waals surface area contributed by atoms with Gasteiger partial charge in [0.25, 0.3) is 0 Å². The summed E-state index contributed by atoms with van der Waals surface area (Å²) < 4.78 is 14.3. The van der Waals surface area contributed by atoms with Gasteiger partial charge in [-0.05, 0) is 18.2 Å². The van der Waals surface area contributed by atoms with Gasteiger partial charge in [-0.2, -0.15) is 0 Å². The molecular formula is C10H10BrFN2O. The molecule has 0 saturated carbocycles. The quantitative estimate of drug-likeness (QED) is 0.896. The van der Waals surface area contributed by atoms with Crippen LogP contribution in [0.4, 0.5) is 4.39 Å². The maximum Gasteiger partial charge on any atom is 0.145 e. The van der Waals surface area contributed by atoms with Crippen LogP contribution in [0, 0.1) is 5.82 Å². The number of nitrogens with zero attached hydrogens (tertiary/aromatic N) is 1. The first-order chi connectivity index (χ1) is 7.20. The number of hydrogen-bond donors (Lipinski definition) is 1. The summed E-state index contributed by atoms with van der Waals surface area (Å²) >= 11 is 3.29. The Balaban J connectivity index is 2.27. The molecule has 80 valence electrons. The zero-order valence-electron chi connectivity index (χ0n) is 7.91. The van der Waals surface area contributed by atoms with Gasteiger partial charge in [0.1, 0.15) is 11.9 Å². The Kier molecular flexibility index (Phi) is 3.02. The number of benzene rings is 1. The molecule has 1 atom stereocenters. The molecule has 2 rings (SSSR count). The van der Waals surface area contributed by atoms with Crippen molar-refractivity contribution in [3.63, 3.8) is 0 Å². The lowest BCUT2D eigenvalue weighted by molar-refractivity contribution is 0.0918. The minimum Gasteiger partial charge on any atom is -0.390 e. The van der Waals surface area contributed by atoms with Gasteiger partial charge >= 0.3 is 0 Å². The van der Waals surface area contributed by atoms with E-state index in [2.05, 4.69) is 21.1 Å². The third-order valence-corrected chi connectivity index (χ3v) is 2.73. The molecule has 0 aromatic heterocycles. The fraction of sp³-hybridized carbons (Fsp3) is 0.300. The van der Waals surface area contributed by atoms with Crippen molar-refractivity contribution in [1.82, 2.24) is 0 Å². The second-order valence-electron chi connectivity index (χ2n) is 3.33. The number of nitrogens with two attached hydrogens (primary N) is 1. The summed E-state index contributed by atoms with van der Waals surface area (Å²) in [7, 11) is 0. The van der Waals surface area contributed by atoms with E-state index in [1.54, 1.807) is 12.1 Å². The molecule has 1 unspecified atom stereocenters. The molecule has 1 aliphatic rings. The van der Waals surface area contributed by atoms with Crippen LogP contribution in [0.15, 0.2) is 27.8 Å². The lowest BCUT2D eigenvalue weighted by atomic mass is 10.0. The number of halogens is 2. The van der Waals surface area contributed by atoms with E-state index >= 15 is 0 Å². The van der Waals surface area contributed by atoms with Crippen LogP contribution in [0.2, 0.25) is 0 Å². The molecule has 2 N–H and O–H groups in total. The molecule has 0 amide bonds. The van der Waals surface area contributed by atoms with E-state index in [1.807, 2.05) is 0 Å². The Hall–Kier alpha value is -0.940. The average Bonchev–Trinajstić information content (AvgIpc) is 2.70. The SMILES string of the molecule is NCC1CC(c2cc(Br)ccc2F)=NO1. The predicted molar refractivity (Wildman–Crippen MR) is 59.2 cm³/mol. The molecule has 5 heteroatoms. The van der Waals surface area contributed by atoms with Crippen molar-refractivity contribution in [1.29, 1.82) is 0 Å². The molecule has 1 aromatic rings. The van der Waals surface area contributed by atoms with Crippen LogP contribution in [0.1, 0.15) is 12.0 Å². The highest BCUT2D eigenvalue weighted by molar-refractivity contribution is 9.10. The molecule has 1 heterocycles. The first-order valence-electron chi connectivity index (χ1n) is 4.59. The van der Waals surface area contributed by atoms with Gasteiger partial charge in [-0.25, -0.2) is 4.39 Å². The fourth-order valence-corrected chi connectivity index (χ4v) is 1.79. The van der Waals surface area contributed by atoms with Gasteiger partial charge in [0.15, 0.2) is 0 Å². The first-order valence-corrected chi connectivity index (χ1v) is 5.38. The molecule has 0 spiro atoms. The van der Waals surface area contributed by atoms with Crippen molar-refractivity contribution >= 4 is 21.6 Å². The highest BCUT2D eigenvalue weighted by atomic mass is 79.9. The van der Waals surface area contributed by atoms with E-state index in [0.29, 0.717) is 24.2 Å². The van der Waals surface area contributed by atoms with Crippen LogP contribution in [-0.4, -0.2) is 18.4 Å². The van der Waals surface area contributed by atoms with Crippen molar-refractivity contribution < 1.29 is 9.23 Å². The van der Waals surface area contributed by atoms with E-state index in [4.69, 9.17) is 10.6 Å². The van der Waals surface area contributed by atoms with Crippen molar-refractivity contribution in [2.75, 3.05) is 6.54 Å². The highest BCUT2D eigenvalue weighted by Crippen LogP contribution is 2.21. The summed E-state index contributed by atoms with van der Waals surface area (Å²) in [5.41, 5.74) is 6.53. The molecule has 15 heavy (non-hydrogen) atoms. The minimum atomic E-state index is -0.293. The second-order valence-corrected chi connectivity index (χ2v) is 4.25. The van der Waals surface area contributed by atoms with Crippen molar-refractivity contribution in [2.45, 2.75) is 12.5 Å². The molecular weight excluding hydrogens is 263 g/mol. The normalized spacial score (nSPS) is 19.9. The Labute approximate surface area is 95.2 Å². The summed E-state index contributed by atoms with van der Waals surface area (Å²) in [6.45, 7) is 0.391. The Morgan fingerprint density at radius 1 is 1.60 bits per heavy atom. The maximum absolute atomic E-state index is 13.5. The Morgan fingerprint density at radius 3 is 3.07 bits per heavy atom. The van der Waals surface area contributed by atoms with Crippen LogP contribution < -0.4 is 5.73 Å². The van der Waals surface area contributed by atoms with Gasteiger partial charge in [0.2, 0.25) is 0 Å². The second kappa shape index (κ2) is 4.28. The standard InChI is InChI=1S/C10H10BrFN2O/c11-6-1-2-9(12)8(3-6)10-4-7(5-13)15-14-10/h1-3,7H,4-5,13H2. The topological polar surface area (TPSA) is 47.6 Å². The molecule has 1 aromatic carbocycles. The Bertz CT molecular complexity index is 408. The smallest absolute Gasteiger partial charge is 0.145 e. The predicted octanol–water partition coefficient (Wildman–Crippen LogP) is 2.04. The van der Waals surface area contributed by atoms with Gasteiger partial charge in [-0.3, -0.25) is 0 Å². The monoisotopic (exact) mass is 272 g/mol. The zero-order chi connectivity index (χ0) is 10.8. The third kappa shape index (κ3) is 2.18. The van der Waals surface area contributed by atoms with Gasteiger partial charge < -0.3 is 10.6 Å². The van der Waals surface area contributed by atoms with Crippen LogP contribution in [-0.2, 0) is 4.84 Å². The molecule has 0 saturated heterocycles. The van der Waals surface area contributed by atoms with Gasteiger partial charge in [0.05, 0.1) is 5.71 Å². The van der Waals surface area contributed by atoms with Crippen LogP contribution in [0.25, 0.3) is 0 Å². The first kappa shape index (κ1) is 10.6. The fourth-order valence-electron chi connectivity index (χ4n) is 1.43. The van der Waals surface area contributed by atoms with Gasteiger partial charge in [-0.15, -0.1) is 0 Å². The van der Waals surface area contributed by atoms with Gasteiger partial charge in [0, 0.05) is 23.0 Å². The van der Waals surface area contributed by atoms with Gasteiger partial charge in [-0.1, -0.05) is 21.1 Å². The van der Waals surface area contributed by atoms with Crippen LogP contribution >= 0.6 is 15.9 Å². The number of hydrogen-bond acceptors (Lipinski definition) is 3. The summed E-state index contributed by atoms with van der Waals surface area (Å²) in [5.74, 6) is -0.293. The van der Waals surface area contributed by atoms with E-state index in [1.165, 1.54) is 6.07 Å². The molecule has 0 fully saturated rings. The zero-order valence-corrected chi connectivity index (χ0v) is 9.50. The molecule has 1 aliphatic heterocycles. The Morgan fingerprint density at radius 2 is 2.40 bits per heavy atom. The average molecular weight is 273 g/mol. The lowest BCUT2D eigenvalue weighted by Gasteiger charge is -2.03. The number of rotatable bonds is 2. The third-order valence-electron chi connectivity index (χ3n) is 2.24. The summed E-state index contributed by atoms with van der Waals surface area (Å²) in [5, 5.41) is 3.84. The van der Waals surface area contributed by atoms with E-state index in [9.17, 15) is 4.39 Å². The number of oxime groups is 1. The molecule has 0 bridgehead atoms. The van der Waals surface area contributed by atoms with E-state index in [0.717, 1.165) is 4.47 Å². The van der Waals surface area contributed by atoms with Crippen LogP contribution in [0.3, 0.4) is 0 Å². The van der Waals surface area contributed by atoms with E-state index in [-0.39, 0.29) is 11.9 Å². The minimum absolute atomic E-state index is 0.126. The highest BCUT2D eigenvalue weighted by Gasteiger charge is 2.22. The molecule has 0 aliphatic carbocycles. The summed E-state index contributed by atoms with van der Waals surface area (Å²) in [6, 6.07) is 4.74. The summed E-state index contributed by atoms with van der Waals surface area (Å²) in [4.78, 5) is 5.04. The largest absolute Gasteiger partial charge is 0.390 e. The maximum atomic E-state index is 13.5. The van der Waals surface area contributed by atoms with Crippen molar-refractivity contribution in [2.24, 2.45) is 10.9 Å². The molecule has 0 radical (unpaired) electrons. The van der Waals surface area contributed by atoms with Crippen molar-refractivity contribution in [3.8, 4) is 0 Å². The lowest BCUT2D eigenvalue weighted by Crippen LogP contribution is -2.20. The molecule has 3 nitrogen and oxygen atoms in total. The van der Waals surface area contributed by atoms with Crippen LogP contribution in [0.5, 0.6) is 0 Å². The van der Waals surface area contributed by atoms with E-state index < -0.39 is 0 Å². The summed E-state index contributed by atoms with van der Waals surface area (Å²) in [6.07, 6.45) is 0.433.